The van der Waals surface area contributed by atoms with E-state index in [1.807, 2.05) is 6.20 Å². The van der Waals surface area contributed by atoms with Gasteiger partial charge in [0.25, 0.3) is 0 Å². The van der Waals surface area contributed by atoms with Crippen molar-refractivity contribution >= 4 is 17.8 Å². The smallest absolute Gasteiger partial charge is 0.0759 e. The highest BCUT2D eigenvalue weighted by Crippen LogP contribution is 2.22. The molecule has 0 atom stereocenters. The predicted octanol–water partition coefficient (Wildman–Crippen LogP) is 3.15. The number of thioether (sulfide) groups is 1. The van der Waals surface area contributed by atoms with Crippen molar-refractivity contribution in [1.29, 1.82) is 0 Å². The zero-order valence-electron chi connectivity index (χ0n) is 7.50. The molecule has 1 rings (SSSR count). The molecule has 1 heterocycles. The van der Waals surface area contributed by atoms with Gasteiger partial charge in [0.2, 0.25) is 0 Å². The molecule has 0 fully saturated rings. The Labute approximate surface area is 77.9 Å². The van der Waals surface area contributed by atoms with Crippen LogP contribution in [-0.2, 0) is 0 Å². The quantitative estimate of drug-likeness (QED) is 0.661. The van der Waals surface area contributed by atoms with Crippen LogP contribution >= 0.6 is 11.8 Å². The van der Waals surface area contributed by atoms with Crippen molar-refractivity contribution < 1.29 is 0 Å². The second kappa shape index (κ2) is 4.31. The van der Waals surface area contributed by atoms with E-state index in [0.29, 0.717) is 0 Å². The van der Waals surface area contributed by atoms with Crippen LogP contribution in [-0.4, -0.2) is 10.7 Å². The fourth-order valence-electron chi connectivity index (χ4n) is 0.977. The van der Waals surface area contributed by atoms with E-state index in [1.165, 1.54) is 10.5 Å². The Morgan fingerprint density at radius 1 is 1.67 bits per heavy atom. The monoisotopic (exact) mass is 179 g/mol. The highest BCUT2D eigenvalue weighted by Gasteiger charge is 1.99. The van der Waals surface area contributed by atoms with Gasteiger partial charge in [-0.2, -0.15) is 0 Å². The predicted molar refractivity (Wildman–Crippen MR) is 55.5 cm³/mol. The van der Waals surface area contributed by atoms with Crippen molar-refractivity contribution in [3.05, 3.63) is 30.1 Å². The summed E-state index contributed by atoms with van der Waals surface area (Å²) in [7, 11) is 0. The summed E-state index contributed by atoms with van der Waals surface area (Å²) < 4.78 is 0. The highest BCUT2D eigenvalue weighted by atomic mass is 32.2. The zero-order chi connectivity index (χ0) is 8.97. The van der Waals surface area contributed by atoms with Crippen LogP contribution in [0.25, 0.3) is 6.08 Å². The number of aryl methyl sites for hydroxylation is 1. The van der Waals surface area contributed by atoms with Gasteiger partial charge < -0.3 is 0 Å². The van der Waals surface area contributed by atoms with Crippen molar-refractivity contribution in [2.24, 2.45) is 0 Å². The third kappa shape index (κ3) is 2.11. The second-order valence-corrected chi connectivity index (χ2v) is 3.84. The number of hydrogen-bond acceptors (Lipinski definition) is 2. The molecule has 2 heteroatoms. The normalized spacial score (nSPS) is 9.83. The van der Waals surface area contributed by atoms with Gasteiger partial charge in [-0.3, -0.25) is 4.98 Å². The first kappa shape index (κ1) is 9.33. The molecule has 0 aliphatic rings. The number of pyridine rings is 1. The molecule has 1 aromatic heterocycles. The van der Waals surface area contributed by atoms with Crippen LogP contribution < -0.4 is 0 Å². The first-order valence-electron chi connectivity index (χ1n) is 3.99. The van der Waals surface area contributed by atoms with E-state index in [2.05, 4.69) is 31.5 Å². The van der Waals surface area contributed by atoms with Crippen LogP contribution in [0, 0.1) is 6.92 Å². The van der Waals surface area contributed by atoms with Crippen molar-refractivity contribution in [3.63, 3.8) is 0 Å². The van der Waals surface area contributed by atoms with Crippen LogP contribution in [0.15, 0.2) is 23.7 Å². The minimum atomic E-state index is 0.993. The van der Waals surface area contributed by atoms with Gasteiger partial charge in [-0.25, -0.2) is 0 Å². The summed E-state index contributed by atoms with van der Waals surface area (Å²) in [5, 5.41) is 0. The van der Waals surface area contributed by atoms with E-state index in [9.17, 15) is 0 Å². The Morgan fingerprint density at radius 2 is 2.42 bits per heavy atom. The summed E-state index contributed by atoms with van der Waals surface area (Å²) in [5.41, 5.74) is 2.20. The lowest BCUT2D eigenvalue weighted by atomic mass is 10.3. The maximum atomic E-state index is 4.28. The van der Waals surface area contributed by atoms with Crippen LogP contribution in [0.5, 0.6) is 0 Å². The molecule has 64 valence electrons. The van der Waals surface area contributed by atoms with Gasteiger partial charge in [0.05, 0.1) is 5.69 Å². The lowest BCUT2D eigenvalue weighted by Crippen LogP contribution is -1.87. The molecule has 0 aliphatic heterocycles. The number of nitrogens with zero attached hydrogens (tertiary/aromatic N) is 1. The van der Waals surface area contributed by atoms with Crippen molar-refractivity contribution in [3.8, 4) is 0 Å². The van der Waals surface area contributed by atoms with Gasteiger partial charge in [-0.15, -0.1) is 11.8 Å². The SMILES string of the molecule is C=Cc1ncc(C)cc1SCC. The molecule has 1 aromatic rings. The van der Waals surface area contributed by atoms with E-state index >= 15 is 0 Å². The van der Waals surface area contributed by atoms with Crippen LogP contribution in [0.2, 0.25) is 0 Å². The lowest BCUT2D eigenvalue weighted by molar-refractivity contribution is 1.16. The van der Waals surface area contributed by atoms with Crippen LogP contribution in [0.4, 0.5) is 0 Å². The first-order valence-corrected chi connectivity index (χ1v) is 4.98. The molecule has 0 spiro atoms. The second-order valence-electron chi connectivity index (χ2n) is 2.53. The number of hydrogen-bond donors (Lipinski definition) is 0. The molecule has 0 radical (unpaired) electrons. The van der Waals surface area contributed by atoms with Gasteiger partial charge in [0, 0.05) is 11.1 Å². The molecule has 1 nitrogen and oxygen atoms in total. The summed E-state index contributed by atoms with van der Waals surface area (Å²) in [5.74, 6) is 1.08. The molecule has 0 saturated carbocycles. The minimum absolute atomic E-state index is 0.993. The molecule has 0 N–H and O–H groups in total. The molecular weight excluding hydrogens is 166 g/mol. The third-order valence-corrected chi connectivity index (χ3v) is 2.44. The Balaban J connectivity index is 3.03. The Hall–Kier alpha value is -0.760. The summed E-state index contributed by atoms with van der Waals surface area (Å²) >= 11 is 1.81. The van der Waals surface area contributed by atoms with E-state index in [-0.39, 0.29) is 0 Å². The van der Waals surface area contributed by atoms with Gasteiger partial charge >= 0.3 is 0 Å². The Kier molecular flexibility index (Phi) is 3.35. The Bertz CT molecular complexity index is 281. The molecule has 0 amide bonds. The summed E-state index contributed by atoms with van der Waals surface area (Å²) in [6.45, 7) is 7.92. The summed E-state index contributed by atoms with van der Waals surface area (Å²) in [6.07, 6.45) is 3.67. The molecule has 0 unspecified atom stereocenters. The summed E-state index contributed by atoms with van der Waals surface area (Å²) in [4.78, 5) is 5.51. The lowest BCUT2D eigenvalue weighted by Gasteiger charge is -2.03. The van der Waals surface area contributed by atoms with Gasteiger partial charge in [0.1, 0.15) is 0 Å². The maximum absolute atomic E-state index is 4.28. The number of rotatable bonds is 3. The molecular formula is C10H13NS. The van der Waals surface area contributed by atoms with E-state index in [4.69, 9.17) is 0 Å². The maximum Gasteiger partial charge on any atom is 0.0759 e. The molecule has 0 bridgehead atoms. The first-order chi connectivity index (χ1) is 5.77. The van der Waals surface area contributed by atoms with Gasteiger partial charge in [-0.05, 0) is 30.4 Å². The Morgan fingerprint density at radius 3 is 3.00 bits per heavy atom. The van der Waals surface area contributed by atoms with Crippen molar-refractivity contribution in [2.75, 3.05) is 5.75 Å². The third-order valence-electron chi connectivity index (χ3n) is 1.51. The average molecular weight is 179 g/mol. The van der Waals surface area contributed by atoms with Crippen LogP contribution in [0.1, 0.15) is 18.2 Å². The number of aromatic nitrogens is 1. The largest absolute Gasteiger partial charge is 0.255 e. The zero-order valence-corrected chi connectivity index (χ0v) is 8.32. The minimum Gasteiger partial charge on any atom is -0.255 e. The van der Waals surface area contributed by atoms with Crippen molar-refractivity contribution in [1.82, 2.24) is 4.98 Å². The fourth-order valence-corrected chi connectivity index (χ4v) is 1.84. The van der Waals surface area contributed by atoms with Gasteiger partial charge in [-0.1, -0.05) is 13.5 Å². The topological polar surface area (TPSA) is 12.9 Å². The summed E-state index contributed by atoms with van der Waals surface area (Å²) in [6, 6.07) is 2.15. The van der Waals surface area contributed by atoms with E-state index in [1.54, 1.807) is 17.8 Å². The van der Waals surface area contributed by atoms with Gasteiger partial charge in [0.15, 0.2) is 0 Å². The highest BCUT2D eigenvalue weighted by molar-refractivity contribution is 7.99. The molecule has 12 heavy (non-hydrogen) atoms. The van der Waals surface area contributed by atoms with Crippen LogP contribution in [0.3, 0.4) is 0 Å². The standard InChI is InChI=1S/C10H13NS/c1-4-9-10(12-5-2)6-8(3)7-11-9/h4,6-7H,1,5H2,2-3H3. The molecule has 0 aromatic carbocycles. The molecule has 0 aliphatic carbocycles. The van der Waals surface area contributed by atoms with E-state index in [0.717, 1.165) is 11.4 Å². The fraction of sp³-hybridized carbons (Fsp3) is 0.300. The van der Waals surface area contributed by atoms with Crippen molar-refractivity contribution in [2.45, 2.75) is 18.7 Å². The average Bonchev–Trinajstić information content (AvgIpc) is 2.05. The van der Waals surface area contributed by atoms with E-state index < -0.39 is 0 Å². The molecule has 0 saturated heterocycles.